The molecule has 0 atom stereocenters. The molecule has 0 unspecified atom stereocenters. The largest absolute Gasteiger partial charge is 0.257 e. The first-order valence-corrected chi connectivity index (χ1v) is 6.34. The van der Waals surface area contributed by atoms with E-state index < -0.39 is 9.05 Å². The second-order valence-electron chi connectivity index (χ2n) is 2.23. The first kappa shape index (κ1) is 9.77. The molecule has 0 fully saturated rings. The van der Waals surface area contributed by atoms with E-state index in [1.807, 2.05) is 17.5 Å². The van der Waals surface area contributed by atoms with Crippen molar-refractivity contribution in [2.75, 3.05) is 0 Å². The van der Waals surface area contributed by atoms with Crippen molar-refractivity contribution in [3.8, 4) is 0 Å². The van der Waals surface area contributed by atoms with E-state index in [9.17, 15) is 8.42 Å². The summed E-state index contributed by atoms with van der Waals surface area (Å²) in [5.74, 6) is 0. The van der Waals surface area contributed by atoms with Crippen LogP contribution < -0.4 is 0 Å². The highest BCUT2D eigenvalue weighted by molar-refractivity contribution is 8.16. The average molecular weight is 223 g/mol. The molecular formula is C7H7ClO2S2. The standard InChI is InChI=1S/C7H7ClO2S2/c1-6(12(8,9)10)5-7-3-2-4-11-7/h2-4H,1,5H2. The lowest BCUT2D eigenvalue weighted by atomic mass is 10.3. The predicted molar refractivity (Wildman–Crippen MR) is 51.9 cm³/mol. The van der Waals surface area contributed by atoms with Crippen molar-refractivity contribution >= 4 is 31.1 Å². The molecular weight excluding hydrogens is 216 g/mol. The van der Waals surface area contributed by atoms with Crippen LogP contribution in [0.5, 0.6) is 0 Å². The molecule has 1 rings (SSSR count). The van der Waals surface area contributed by atoms with Crippen LogP contribution in [-0.2, 0) is 15.5 Å². The van der Waals surface area contributed by atoms with Gasteiger partial charge in [0.15, 0.2) is 0 Å². The Morgan fingerprint density at radius 1 is 1.67 bits per heavy atom. The molecule has 2 nitrogen and oxygen atoms in total. The Bertz CT molecular complexity index is 364. The summed E-state index contributed by atoms with van der Waals surface area (Å²) in [4.78, 5) is 0.996. The lowest BCUT2D eigenvalue weighted by molar-refractivity contribution is 0.614. The first-order valence-electron chi connectivity index (χ1n) is 3.15. The van der Waals surface area contributed by atoms with Gasteiger partial charge in [0, 0.05) is 22.0 Å². The monoisotopic (exact) mass is 222 g/mol. The zero-order valence-corrected chi connectivity index (χ0v) is 8.55. The van der Waals surface area contributed by atoms with Crippen LogP contribution in [0.1, 0.15) is 4.88 Å². The van der Waals surface area contributed by atoms with Gasteiger partial charge in [-0.3, -0.25) is 0 Å². The highest BCUT2D eigenvalue weighted by Crippen LogP contribution is 2.18. The summed E-state index contributed by atoms with van der Waals surface area (Å²) in [6.07, 6.45) is 0.309. The molecule has 0 N–H and O–H groups in total. The number of hydrogen-bond acceptors (Lipinski definition) is 3. The van der Waals surface area contributed by atoms with Gasteiger partial charge in [-0.25, -0.2) is 8.42 Å². The molecule has 5 heteroatoms. The van der Waals surface area contributed by atoms with E-state index in [1.54, 1.807) is 0 Å². The van der Waals surface area contributed by atoms with Crippen molar-refractivity contribution in [1.82, 2.24) is 0 Å². The highest BCUT2D eigenvalue weighted by Gasteiger charge is 2.11. The van der Waals surface area contributed by atoms with Crippen molar-refractivity contribution in [2.24, 2.45) is 0 Å². The fraction of sp³-hybridized carbons (Fsp3) is 0.143. The average Bonchev–Trinajstić information content (AvgIpc) is 2.37. The highest BCUT2D eigenvalue weighted by atomic mass is 35.7. The maximum atomic E-state index is 10.7. The lowest BCUT2D eigenvalue weighted by Gasteiger charge is -1.97. The van der Waals surface area contributed by atoms with Gasteiger partial charge >= 0.3 is 0 Å². The van der Waals surface area contributed by atoms with Crippen LogP contribution in [0.15, 0.2) is 29.0 Å². The summed E-state index contributed by atoms with van der Waals surface area (Å²) in [6, 6.07) is 3.70. The minimum atomic E-state index is -3.59. The number of rotatable bonds is 3. The molecule has 66 valence electrons. The third-order valence-electron chi connectivity index (χ3n) is 1.30. The molecule has 1 heterocycles. The first-order chi connectivity index (χ1) is 5.50. The third-order valence-corrected chi connectivity index (χ3v) is 3.66. The van der Waals surface area contributed by atoms with Gasteiger partial charge < -0.3 is 0 Å². The van der Waals surface area contributed by atoms with E-state index in [0.29, 0.717) is 6.42 Å². The number of halogens is 1. The van der Waals surface area contributed by atoms with Crippen molar-refractivity contribution in [1.29, 1.82) is 0 Å². The molecule has 0 saturated carbocycles. The van der Waals surface area contributed by atoms with Gasteiger partial charge in [0.05, 0.1) is 4.91 Å². The summed E-state index contributed by atoms with van der Waals surface area (Å²) in [6.45, 7) is 3.39. The van der Waals surface area contributed by atoms with Crippen molar-refractivity contribution in [3.63, 3.8) is 0 Å². The molecule has 0 aliphatic rings. The van der Waals surface area contributed by atoms with Gasteiger partial charge in [-0.05, 0) is 11.4 Å². The van der Waals surface area contributed by atoms with Crippen LogP contribution in [0.25, 0.3) is 0 Å². The molecule has 12 heavy (non-hydrogen) atoms. The maximum Gasteiger partial charge on any atom is 0.257 e. The van der Waals surface area contributed by atoms with Crippen LogP contribution in [0, 0.1) is 0 Å². The molecule has 0 aromatic carbocycles. The summed E-state index contributed by atoms with van der Waals surface area (Å²) < 4.78 is 21.5. The molecule has 0 aliphatic heterocycles. The fourth-order valence-corrected chi connectivity index (χ4v) is 2.02. The smallest absolute Gasteiger partial charge is 0.207 e. The van der Waals surface area contributed by atoms with Gasteiger partial charge in [0.1, 0.15) is 0 Å². The molecule has 0 amide bonds. The molecule has 1 aromatic heterocycles. The summed E-state index contributed by atoms with van der Waals surface area (Å²) >= 11 is 1.48. The topological polar surface area (TPSA) is 34.1 Å². The van der Waals surface area contributed by atoms with Gasteiger partial charge in [-0.1, -0.05) is 12.6 Å². The Kier molecular flexibility index (Phi) is 2.93. The van der Waals surface area contributed by atoms with Crippen molar-refractivity contribution in [2.45, 2.75) is 6.42 Å². The summed E-state index contributed by atoms with van der Waals surface area (Å²) in [7, 11) is 1.48. The van der Waals surface area contributed by atoms with Gasteiger partial charge in [-0.15, -0.1) is 11.3 Å². The predicted octanol–water partition coefficient (Wildman–Crippen LogP) is 2.37. The molecule has 1 aromatic rings. The SMILES string of the molecule is C=C(Cc1cccs1)S(=O)(=O)Cl. The van der Waals surface area contributed by atoms with E-state index in [-0.39, 0.29) is 4.91 Å². The quantitative estimate of drug-likeness (QED) is 0.736. The Morgan fingerprint density at radius 2 is 2.33 bits per heavy atom. The summed E-state index contributed by atoms with van der Waals surface area (Å²) in [5, 5.41) is 1.88. The van der Waals surface area contributed by atoms with Crippen LogP contribution >= 0.6 is 22.0 Å². The second kappa shape index (κ2) is 3.60. The minimum Gasteiger partial charge on any atom is -0.207 e. The van der Waals surface area contributed by atoms with Crippen LogP contribution in [-0.4, -0.2) is 8.42 Å². The van der Waals surface area contributed by atoms with Crippen molar-refractivity contribution in [3.05, 3.63) is 33.9 Å². The summed E-state index contributed by atoms with van der Waals surface area (Å²) in [5.41, 5.74) is 0. The lowest BCUT2D eigenvalue weighted by Crippen LogP contribution is -1.95. The maximum absolute atomic E-state index is 10.7. The van der Waals surface area contributed by atoms with E-state index in [4.69, 9.17) is 10.7 Å². The van der Waals surface area contributed by atoms with Crippen LogP contribution in [0.4, 0.5) is 0 Å². The molecule has 0 radical (unpaired) electrons. The Morgan fingerprint density at radius 3 is 2.75 bits per heavy atom. The molecule has 0 aliphatic carbocycles. The van der Waals surface area contributed by atoms with E-state index >= 15 is 0 Å². The zero-order valence-electron chi connectivity index (χ0n) is 6.16. The zero-order chi connectivity index (χ0) is 9.19. The minimum absolute atomic E-state index is 0.0478. The third kappa shape index (κ3) is 2.62. The number of allylic oxidation sites excluding steroid dienone is 1. The van der Waals surface area contributed by atoms with Gasteiger partial charge in [0.2, 0.25) is 0 Å². The van der Waals surface area contributed by atoms with Crippen LogP contribution in [0.2, 0.25) is 0 Å². The molecule has 0 spiro atoms. The normalized spacial score (nSPS) is 11.4. The Hall–Kier alpha value is -0.320. The number of thiophene rings is 1. The Balaban J connectivity index is 2.73. The van der Waals surface area contributed by atoms with E-state index in [0.717, 1.165) is 4.88 Å². The number of hydrogen-bond donors (Lipinski definition) is 0. The van der Waals surface area contributed by atoms with E-state index in [2.05, 4.69) is 6.58 Å². The second-order valence-corrected chi connectivity index (χ2v) is 5.94. The van der Waals surface area contributed by atoms with E-state index in [1.165, 1.54) is 11.3 Å². The van der Waals surface area contributed by atoms with Crippen molar-refractivity contribution < 1.29 is 8.42 Å². The fourth-order valence-electron chi connectivity index (χ4n) is 0.694. The molecule has 0 saturated heterocycles. The molecule has 0 bridgehead atoms. The van der Waals surface area contributed by atoms with Gasteiger partial charge in [-0.2, -0.15) is 0 Å². The van der Waals surface area contributed by atoms with Gasteiger partial charge in [0.25, 0.3) is 9.05 Å². The Labute approximate surface area is 79.9 Å². The van der Waals surface area contributed by atoms with Crippen LogP contribution in [0.3, 0.4) is 0 Å².